The summed E-state index contributed by atoms with van der Waals surface area (Å²) in [4.78, 5) is 0. The minimum Gasteiger partial charge on any atom is -1.00 e. The quantitative estimate of drug-likeness (QED) is 0.411. The van der Waals surface area contributed by atoms with E-state index in [-0.39, 0.29) is 83.0 Å². The van der Waals surface area contributed by atoms with Crippen LogP contribution in [0.4, 0.5) is 0 Å². The summed E-state index contributed by atoms with van der Waals surface area (Å²) in [6, 6.07) is 0. The first-order valence-corrected chi connectivity index (χ1v) is 2.10. The molecule has 0 rings (SSSR count). The molecule has 2 N–H and O–H groups in total. The van der Waals surface area contributed by atoms with Gasteiger partial charge in [-0.05, 0) is 0 Å². The van der Waals surface area contributed by atoms with E-state index in [1.807, 2.05) is 0 Å². The summed E-state index contributed by atoms with van der Waals surface area (Å²) in [6.07, 6.45) is 0. The van der Waals surface area contributed by atoms with Crippen LogP contribution in [0.2, 0.25) is 0 Å². The molecular formula is H6CaMgNiO4S. The van der Waals surface area contributed by atoms with Crippen LogP contribution in [0.5, 0.6) is 0 Å². The van der Waals surface area contributed by atoms with Crippen LogP contribution in [0, 0.1) is 0 Å². The van der Waals surface area contributed by atoms with Crippen molar-refractivity contribution in [2.45, 2.75) is 0 Å². The molecule has 0 atom stereocenters. The molecule has 0 fully saturated rings. The topological polar surface area (TPSA) is 74.6 Å². The van der Waals surface area contributed by atoms with Crippen molar-refractivity contribution < 1.29 is 39.7 Å². The van der Waals surface area contributed by atoms with Gasteiger partial charge in [0.25, 0.3) is 0 Å². The largest absolute Gasteiger partial charge is 2.00 e. The molecule has 0 bridgehead atoms. The van der Waals surface area contributed by atoms with Gasteiger partial charge in [0.2, 0.25) is 0 Å². The predicted octanol–water partition coefficient (Wildman–Crippen LogP) is -0.967. The summed E-state index contributed by atoms with van der Waals surface area (Å²) in [5, 5.41) is 0. The van der Waals surface area contributed by atoms with Gasteiger partial charge >= 0.3 is 71.2 Å². The molecule has 4 nitrogen and oxygen atoms in total. The zero-order valence-electron chi connectivity index (χ0n) is 7.85. The fourth-order valence-electron chi connectivity index (χ4n) is 0. The normalized spacial score (nSPS) is 7.25. The van der Waals surface area contributed by atoms with Gasteiger partial charge in [0.15, 0.2) is 0 Å². The van der Waals surface area contributed by atoms with Crippen molar-refractivity contribution in [3.8, 4) is 0 Å². The molecule has 50 valence electrons. The van der Waals surface area contributed by atoms with Crippen LogP contribution in [-0.2, 0) is 26.9 Å². The zero-order chi connectivity index (χ0) is 4.50. The fraction of sp³-hybridized carbons (Fsp3) is 0. The maximum atomic E-state index is 8.74. The van der Waals surface area contributed by atoms with Crippen molar-refractivity contribution in [3.05, 3.63) is 0 Å². The minimum absolute atomic E-state index is 0. The van der Waals surface area contributed by atoms with E-state index in [9.17, 15) is 0 Å². The van der Waals surface area contributed by atoms with Crippen molar-refractivity contribution in [2.24, 2.45) is 0 Å². The van der Waals surface area contributed by atoms with E-state index < -0.39 is 10.4 Å². The number of hydrogen-bond acceptors (Lipinski definition) is 2. The maximum Gasteiger partial charge on any atom is 2.00 e. The third-order valence-electron chi connectivity index (χ3n) is 0. The van der Waals surface area contributed by atoms with E-state index in [4.69, 9.17) is 17.5 Å². The summed E-state index contributed by atoms with van der Waals surface area (Å²) in [6.45, 7) is 0. The molecule has 0 aromatic rings. The molecule has 0 aliphatic heterocycles. The van der Waals surface area contributed by atoms with Gasteiger partial charge in [-0.1, -0.05) is 0 Å². The van der Waals surface area contributed by atoms with Gasteiger partial charge < -0.3 is 5.71 Å². The molecular weight excluding hydrogens is 219 g/mol. The van der Waals surface area contributed by atoms with Crippen LogP contribution in [0.1, 0.15) is 5.71 Å². The third-order valence-corrected chi connectivity index (χ3v) is 0. The average Bonchev–Trinajstić information content (AvgIpc) is 0.722. The van der Waals surface area contributed by atoms with Crippen LogP contribution in [0.15, 0.2) is 0 Å². The maximum absolute atomic E-state index is 8.74. The standard InChI is InChI=1S/Ca.Mg.Ni.H2O4S.4H/c;;;1-5(2,3)4;;;;/h;;;(H2,1,2,3,4);;;;/q2*+2;;;4*-1. The SMILES string of the molecule is O=S(=O)(O)O.[Ca+2].[H-].[H-].[H-].[H-].[Mg+2].[Ni]. The van der Waals surface area contributed by atoms with Crippen LogP contribution < -0.4 is 0 Å². The van der Waals surface area contributed by atoms with Gasteiger partial charge in [-0.3, -0.25) is 9.11 Å². The monoisotopic (exact) mass is 224 g/mol. The van der Waals surface area contributed by atoms with Crippen LogP contribution in [-0.4, -0.2) is 78.3 Å². The Bertz CT molecular complexity index is 110. The van der Waals surface area contributed by atoms with Gasteiger partial charge in [-0.25, -0.2) is 0 Å². The summed E-state index contributed by atoms with van der Waals surface area (Å²) >= 11 is 0. The molecule has 0 unspecified atom stereocenters. The fourth-order valence-corrected chi connectivity index (χ4v) is 0. The first-order chi connectivity index (χ1) is 2.00. The van der Waals surface area contributed by atoms with E-state index in [1.165, 1.54) is 0 Å². The van der Waals surface area contributed by atoms with Crippen LogP contribution in [0.3, 0.4) is 0 Å². The Morgan fingerprint density at radius 3 is 1.25 bits per heavy atom. The van der Waals surface area contributed by atoms with Gasteiger partial charge in [-0.2, -0.15) is 8.42 Å². The van der Waals surface area contributed by atoms with E-state index in [0.29, 0.717) is 0 Å². The molecule has 8 heavy (non-hydrogen) atoms. The molecule has 0 spiro atoms. The summed E-state index contributed by atoms with van der Waals surface area (Å²) < 4.78 is 31.6. The molecule has 0 aliphatic rings. The minimum atomic E-state index is -4.67. The van der Waals surface area contributed by atoms with Crippen molar-refractivity contribution >= 4 is 71.2 Å². The van der Waals surface area contributed by atoms with Crippen molar-refractivity contribution in [3.63, 3.8) is 0 Å². The molecule has 0 aromatic heterocycles. The van der Waals surface area contributed by atoms with Gasteiger partial charge in [0, 0.05) is 16.5 Å². The Kier molecular flexibility index (Phi) is 26.3. The Hall–Kier alpha value is 2.39. The van der Waals surface area contributed by atoms with E-state index in [0.717, 1.165) is 0 Å². The van der Waals surface area contributed by atoms with Gasteiger partial charge in [0.05, 0.1) is 0 Å². The molecule has 0 amide bonds. The van der Waals surface area contributed by atoms with Crippen LogP contribution >= 0.6 is 0 Å². The smallest absolute Gasteiger partial charge is 1.00 e. The molecule has 0 heterocycles. The third kappa shape index (κ3) is 80.2. The van der Waals surface area contributed by atoms with Gasteiger partial charge in [0.1, 0.15) is 0 Å². The molecule has 8 heteroatoms. The number of rotatable bonds is 0. The van der Waals surface area contributed by atoms with Crippen molar-refractivity contribution in [2.75, 3.05) is 0 Å². The summed E-state index contributed by atoms with van der Waals surface area (Å²) in [5.41, 5.74) is 0. The van der Waals surface area contributed by atoms with E-state index in [2.05, 4.69) is 0 Å². The Labute approximate surface area is 109 Å². The average molecular weight is 225 g/mol. The van der Waals surface area contributed by atoms with Crippen LogP contribution in [0.25, 0.3) is 0 Å². The molecule has 0 saturated heterocycles. The second-order valence-electron chi connectivity index (χ2n) is 0.448. The Morgan fingerprint density at radius 2 is 1.25 bits per heavy atom. The second-order valence-corrected chi connectivity index (χ2v) is 1.34. The predicted molar refractivity (Wildman–Crippen MR) is 30.1 cm³/mol. The first-order valence-electron chi connectivity index (χ1n) is 0.698. The van der Waals surface area contributed by atoms with E-state index in [1.54, 1.807) is 0 Å². The molecule has 0 aromatic carbocycles. The Morgan fingerprint density at radius 1 is 1.25 bits per heavy atom. The number of hydrogen-bond donors (Lipinski definition) is 2. The van der Waals surface area contributed by atoms with Crippen molar-refractivity contribution in [1.29, 1.82) is 0 Å². The second kappa shape index (κ2) is 9.39. The molecule has 0 saturated carbocycles. The van der Waals surface area contributed by atoms with Crippen molar-refractivity contribution in [1.82, 2.24) is 0 Å². The Balaban J connectivity index is -0.00000000381. The first kappa shape index (κ1) is 22.4. The summed E-state index contributed by atoms with van der Waals surface area (Å²) in [5.74, 6) is 0. The molecule has 0 aliphatic carbocycles. The molecule has 0 radical (unpaired) electrons. The zero-order valence-corrected chi connectivity index (χ0v) is 9.28. The van der Waals surface area contributed by atoms with E-state index >= 15 is 0 Å². The van der Waals surface area contributed by atoms with Gasteiger partial charge in [-0.15, -0.1) is 0 Å². The summed E-state index contributed by atoms with van der Waals surface area (Å²) in [7, 11) is -4.67.